The number of piperidine rings is 1. The van der Waals surface area contributed by atoms with Crippen molar-refractivity contribution in [3.63, 3.8) is 0 Å². The van der Waals surface area contributed by atoms with Gasteiger partial charge in [0.25, 0.3) is 5.91 Å². The Kier molecular flexibility index (Phi) is 5.03. The van der Waals surface area contributed by atoms with Crippen LogP contribution in [-0.2, 0) is 10.0 Å². The fourth-order valence-electron chi connectivity index (χ4n) is 2.75. The van der Waals surface area contributed by atoms with Gasteiger partial charge in [-0.15, -0.1) is 11.3 Å². The molecule has 0 bridgehead atoms. The Morgan fingerprint density at radius 3 is 2.46 bits per heavy atom. The minimum Gasteiger partial charge on any atom is -0.311 e. The number of hydrogen-bond acceptors (Lipinski definition) is 4. The van der Waals surface area contributed by atoms with E-state index in [9.17, 15) is 13.2 Å². The number of rotatable bonds is 4. The van der Waals surface area contributed by atoms with Gasteiger partial charge in [-0.05, 0) is 31.0 Å². The maximum atomic E-state index is 12.7. The van der Waals surface area contributed by atoms with E-state index in [1.807, 2.05) is 30.3 Å². The van der Waals surface area contributed by atoms with Crippen LogP contribution in [0.1, 0.15) is 28.9 Å². The van der Waals surface area contributed by atoms with Gasteiger partial charge in [0.05, 0.1) is 9.77 Å². The number of nitrogens with zero attached hydrogens (tertiary/aromatic N) is 2. The first-order chi connectivity index (χ1) is 11.5. The van der Waals surface area contributed by atoms with Gasteiger partial charge in [0.1, 0.15) is 0 Å². The molecule has 0 aliphatic carbocycles. The van der Waals surface area contributed by atoms with Gasteiger partial charge in [-0.1, -0.05) is 24.6 Å². The summed E-state index contributed by atoms with van der Waals surface area (Å²) in [4.78, 5) is 14.8. The Balaban J connectivity index is 1.81. The van der Waals surface area contributed by atoms with Crippen LogP contribution in [0, 0.1) is 0 Å². The third-order valence-electron chi connectivity index (χ3n) is 4.19. The van der Waals surface area contributed by atoms with E-state index in [4.69, 9.17) is 0 Å². The van der Waals surface area contributed by atoms with Gasteiger partial charge in [0, 0.05) is 31.2 Å². The van der Waals surface area contributed by atoms with Crippen molar-refractivity contribution in [3.8, 4) is 0 Å². The fraction of sp³-hybridized carbons (Fsp3) is 0.353. The lowest BCUT2D eigenvalue weighted by atomic mass is 10.2. The number of anilines is 1. The van der Waals surface area contributed by atoms with E-state index in [2.05, 4.69) is 0 Å². The highest BCUT2D eigenvalue weighted by Gasteiger charge is 2.28. The Morgan fingerprint density at radius 1 is 1.12 bits per heavy atom. The first kappa shape index (κ1) is 17.1. The molecule has 1 saturated heterocycles. The van der Waals surface area contributed by atoms with E-state index in [0.717, 1.165) is 24.9 Å². The molecule has 1 aliphatic rings. The molecule has 3 rings (SSSR count). The minimum atomic E-state index is -3.49. The molecule has 1 aromatic heterocycles. The average molecular weight is 364 g/mol. The molecule has 5 nitrogen and oxygen atoms in total. The van der Waals surface area contributed by atoms with Crippen LogP contribution in [0.3, 0.4) is 0 Å². The van der Waals surface area contributed by atoms with Crippen molar-refractivity contribution < 1.29 is 13.2 Å². The third kappa shape index (κ3) is 3.38. The van der Waals surface area contributed by atoms with E-state index in [0.29, 0.717) is 18.0 Å². The monoisotopic (exact) mass is 364 g/mol. The lowest BCUT2D eigenvalue weighted by Crippen LogP contribution is -2.35. The molecule has 2 heterocycles. The molecule has 128 valence electrons. The Bertz CT molecular complexity index is 809. The summed E-state index contributed by atoms with van der Waals surface area (Å²) < 4.78 is 26.9. The number of carbonyl (C=O) groups excluding carboxylic acids is 1. The maximum absolute atomic E-state index is 12.7. The Morgan fingerprint density at radius 2 is 1.79 bits per heavy atom. The lowest BCUT2D eigenvalue weighted by molar-refractivity contribution is 0.0996. The van der Waals surface area contributed by atoms with Crippen molar-refractivity contribution >= 4 is 33.0 Å². The molecular weight excluding hydrogens is 344 g/mol. The first-order valence-corrected chi connectivity index (χ1v) is 10.2. The van der Waals surface area contributed by atoms with E-state index in [-0.39, 0.29) is 10.8 Å². The Labute approximate surface area is 146 Å². The molecule has 0 radical (unpaired) electrons. The molecule has 1 fully saturated rings. The quantitative estimate of drug-likeness (QED) is 0.837. The van der Waals surface area contributed by atoms with E-state index < -0.39 is 10.0 Å². The summed E-state index contributed by atoms with van der Waals surface area (Å²) >= 11 is 1.17. The number of thiophene rings is 1. The molecule has 0 saturated carbocycles. The van der Waals surface area contributed by atoms with Crippen LogP contribution >= 0.6 is 11.3 Å². The first-order valence-electron chi connectivity index (χ1n) is 7.92. The van der Waals surface area contributed by atoms with Gasteiger partial charge >= 0.3 is 0 Å². The molecule has 7 heteroatoms. The zero-order valence-corrected chi connectivity index (χ0v) is 15.1. The molecule has 0 spiro atoms. The number of amides is 1. The molecule has 0 unspecified atom stereocenters. The summed E-state index contributed by atoms with van der Waals surface area (Å²) in [6, 6.07) is 10.8. The van der Waals surface area contributed by atoms with Crippen LogP contribution in [0.2, 0.25) is 0 Å². The molecular formula is C17H20N2O3S2. The summed E-state index contributed by atoms with van der Waals surface area (Å²) in [6.07, 6.45) is 2.86. The largest absolute Gasteiger partial charge is 0.311 e. The topological polar surface area (TPSA) is 57.7 Å². The highest BCUT2D eigenvalue weighted by molar-refractivity contribution is 7.89. The van der Waals surface area contributed by atoms with Gasteiger partial charge in [0.15, 0.2) is 0 Å². The van der Waals surface area contributed by atoms with Gasteiger partial charge < -0.3 is 4.90 Å². The molecule has 2 aromatic rings. The summed E-state index contributed by atoms with van der Waals surface area (Å²) in [5.41, 5.74) is 0.774. The molecule has 1 aromatic carbocycles. The van der Waals surface area contributed by atoms with Gasteiger partial charge in [-0.2, -0.15) is 4.31 Å². The number of hydrogen-bond donors (Lipinski definition) is 0. The summed E-state index contributed by atoms with van der Waals surface area (Å²) in [5.74, 6) is -0.203. The van der Waals surface area contributed by atoms with Crippen molar-refractivity contribution in [2.75, 3.05) is 25.0 Å². The Hall–Kier alpha value is -1.70. The fourth-order valence-corrected chi connectivity index (χ4v) is 5.51. The van der Waals surface area contributed by atoms with Crippen LogP contribution in [0.5, 0.6) is 0 Å². The second-order valence-electron chi connectivity index (χ2n) is 5.81. The van der Waals surface area contributed by atoms with Crippen molar-refractivity contribution in [3.05, 3.63) is 46.7 Å². The third-order valence-corrected chi connectivity index (χ3v) is 7.13. The normalized spacial score (nSPS) is 16.0. The van der Waals surface area contributed by atoms with E-state index in [1.54, 1.807) is 12.4 Å². The van der Waals surface area contributed by atoms with Crippen LogP contribution in [0.15, 0.2) is 46.7 Å². The average Bonchev–Trinajstić information content (AvgIpc) is 3.13. The molecule has 24 heavy (non-hydrogen) atoms. The molecule has 0 N–H and O–H groups in total. The van der Waals surface area contributed by atoms with Crippen molar-refractivity contribution in [2.24, 2.45) is 0 Å². The van der Waals surface area contributed by atoms with Crippen LogP contribution in [-0.4, -0.2) is 38.8 Å². The second kappa shape index (κ2) is 7.04. The smallest absolute Gasteiger partial charge is 0.268 e. The lowest BCUT2D eigenvalue weighted by Gasteiger charge is -2.25. The van der Waals surface area contributed by atoms with Gasteiger partial charge in [-0.3, -0.25) is 4.79 Å². The molecule has 1 aliphatic heterocycles. The van der Waals surface area contributed by atoms with Crippen molar-refractivity contribution in [2.45, 2.75) is 24.2 Å². The highest BCUT2D eigenvalue weighted by atomic mass is 32.2. The van der Waals surface area contributed by atoms with Gasteiger partial charge in [-0.25, -0.2) is 8.42 Å². The summed E-state index contributed by atoms with van der Waals surface area (Å²) in [7, 11) is -1.80. The predicted molar refractivity (Wildman–Crippen MR) is 96.1 cm³/mol. The van der Waals surface area contributed by atoms with Crippen molar-refractivity contribution in [1.82, 2.24) is 4.31 Å². The standard InChI is InChI=1S/C17H20N2O3S2/c1-18(14-8-4-2-5-9-14)17(20)16-12-15(13-23-16)24(21,22)19-10-6-3-7-11-19/h2,4-5,8-9,12-13H,3,6-7,10-11H2,1H3. The van der Waals surface area contributed by atoms with Crippen molar-refractivity contribution in [1.29, 1.82) is 0 Å². The SMILES string of the molecule is CN(C(=O)c1cc(S(=O)(=O)N2CCCCC2)cs1)c1ccccc1. The predicted octanol–water partition coefficient (Wildman–Crippen LogP) is 3.20. The van der Waals surface area contributed by atoms with E-state index in [1.165, 1.54) is 26.6 Å². The second-order valence-corrected chi connectivity index (χ2v) is 8.66. The molecule has 1 amide bonds. The van der Waals surface area contributed by atoms with Gasteiger partial charge in [0.2, 0.25) is 10.0 Å². The number of benzene rings is 1. The number of para-hydroxylation sites is 1. The summed E-state index contributed by atoms with van der Waals surface area (Å²) in [5, 5.41) is 1.57. The van der Waals surface area contributed by atoms with Crippen LogP contribution < -0.4 is 4.90 Å². The zero-order chi connectivity index (χ0) is 17.2. The van der Waals surface area contributed by atoms with Crippen LogP contribution in [0.4, 0.5) is 5.69 Å². The van der Waals surface area contributed by atoms with E-state index >= 15 is 0 Å². The summed E-state index contributed by atoms with van der Waals surface area (Å²) in [6.45, 7) is 1.12. The van der Waals surface area contributed by atoms with Crippen LogP contribution in [0.25, 0.3) is 0 Å². The minimum absolute atomic E-state index is 0.203. The highest BCUT2D eigenvalue weighted by Crippen LogP contribution is 2.26. The maximum Gasteiger partial charge on any atom is 0.268 e. The number of sulfonamides is 1. The molecule has 0 atom stereocenters. The number of carbonyl (C=O) groups is 1. The zero-order valence-electron chi connectivity index (χ0n) is 13.5.